The molecule has 0 fully saturated rings. The van der Waals surface area contributed by atoms with Crippen molar-refractivity contribution in [3.63, 3.8) is 0 Å². The van der Waals surface area contributed by atoms with Crippen LogP contribution in [0.1, 0.15) is 27.0 Å². The van der Waals surface area contributed by atoms with Crippen molar-refractivity contribution in [2.75, 3.05) is 0 Å². The smallest absolute Gasteiger partial charge is 0.289 e. The van der Waals surface area contributed by atoms with E-state index in [1.807, 2.05) is 0 Å². The molecule has 2 rings (SSSR count). The van der Waals surface area contributed by atoms with Gasteiger partial charge in [0.15, 0.2) is 5.78 Å². The molecule has 0 amide bonds. The van der Waals surface area contributed by atoms with Crippen molar-refractivity contribution in [2.45, 2.75) is 71.6 Å². The van der Waals surface area contributed by atoms with Crippen molar-refractivity contribution in [3.05, 3.63) is 76.9 Å². The fraction of sp³-hybridized carbons (Fsp3) is 0.444. The number of alkyl halides is 26. The molecule has 306 valence electrons. The van der Waals surface area contributed by atoms with Gasteiger partial charge in [0.1, 0.15) is 0 Å². The van der Waals surface area contributed by atoms with E-state index in [4.69, 9.17) is 0 Å². The Kier molecular flexibility index (Phi) is 11.2. The summed E-state index contributed by atoms with van der Waals surface area (Å²) in [7, 11) is 0. The van der Waals surface area contributed by atoms with Gasteiger partial charge in [-0.15, -0.1) is 0 Å². The molecule has 27 heteroatoms. The van der Waals surface area contributed by atoms with E-state index in [2.05, 4.69) is 0 Å². The van der Waals surface area contributed by atoms with E-state index in [1.54, 1.807) is 0 Å². The molecule has 2 aromatic carbocycles. The Labute approximate surface area is 280 Å². The van der Waals surface area contributed by atoms with Crippen LogP contribution >= 0.6 is 0 Å². The quantitative estimate of drug-likeness (QED) is 0.112. The molecule has 54 heavy (non-hydrogen) atoms. The minimum Gasteiger partial charge on any atom is -0.289 e. The molecule has 1 nitrogen and oxygen atoms in total. The Hall–Kier alpha value is -3.97. The van der Waals surface area contributed by atoms with Crippen LogP contribution < -0.4 is 0 Å². The number of allylic oxidation sites excluding steroid dienone is 1. The number of benzene rings is 2. The van der Waals surface area contributed by atoms with E-state index < -0.39 is 112 Å². The van der Waals surface area contributed by atoms with Crippen LogP contribution in [0.4, 0.5) is 114 Å². The highest BCUT2D eigenvalue weighted by Gasteiger charge is 2.92. The summed E-state index contributed by atoms with van der Waals surface area (Å²) in [5.41, 5.74) is -6.55. The lowest BCUT2D eigenvalue weighted by atomic mass is 9.90. The lowest BCUT2D eigenvalue weighted by Gasteiger charge is -2.39. The molecule has 0 spiro atoms. The zero-order valence-corrected chi connectivity index (χ0v) is 24.5. The molecular weight excluding hydrogens is 834 g/mol. The van der Waals surface area contributed by atoms with Crippen LogP contribution in [0.3, 0.4) is 0 Å². The molecule has 0 atom stereocenters. The first-order valence-corrected chi connectivity index (χ1v) is 12.9. The van der Waals surface area contributed by atoms with Crippen molar-refractivity contribution in [3.8, 4) is 0 Å². The van der Waals surface area contributed by atoms with Gasteiger partial charge >= 0.3 is 71.6 Å². The Morgan fingerprint density at radius 3 is 0.889 bits per heavy atom. The standard InChI is InChI=1S/C27H10F26O/c28-16(29,18(32,33)20(36,37)22(40,41)24(44,45)26(48,49)50)13-6-1-11(2-7-13)3-10-15(54)12-4-8-14(9-5-12)17(30,31)19(34,35)21(38,39)23(42,43)25(46,47)27(51,52)53/h1-10H/b10-3+. The molecule has 0 saturated heterocycles. The zero-order valence-electron chi connectivity index (χ0n) is 24.5. The normalized spacial score (nSPS) is 15.6. The molecule has 0 bridgehead atoms. The summed E-state index contributed by atoms with van der Waals surface area (Å²) in [6.07, 6.45) is -14.6. The van der Waals surface area contributed by atoms with Crippen LogP contribution in [0.5, 0.6) is 0 Å². The van der Waals surface area contributed by atoms with E-state index in [1.165, 1.54) is 0 Å². The van der Waals surface area contributed by atoms with E-state index in [-0.39, 0.29) is 42.5 Å². The summed E-state index contributed by atoms with van der Waals surface area (Å²) >= 11 is 0. The van der Waals surface area contributed by atoms with Crippen LogP contribution in [0.2, 0.25) is 0 Å². The van der Waals surface area contributed by atoms with Crippen LogP contribution in [0.15, 0.2) is 54.6 Å². The fourth-order valence-corrected chi connectivity index (χ4v) is 3.82. The monoisotopic (exact) mass is 844 g/mol. The van der Waals surface area contributed by atoms with Gasteiger partial charge in [0.05, 0.1) is 0 Å². The third-order valence-corrected chi connectivity index (χ3v) is 7.10. The highest BCUT2D eigenvalue weighted by molar-refractivity contribution is 6.06. The molecule has 0 heterocycles. The highest BCUT2D eigenvalue weighted by Crippen LogP contribution is 2.63. The largest absolute Gasteiger partial charge is 0.460 e. The molecule has 0 N–H and O–H groups in total. The van der Waals surface area contributed by atoms with Gasteiger partial charge in [0, 0.05) is 16.7 Å². The first kappa shape index (κ1) is 46.2. The molecule has 0 unspecified atom stereocenters. The van der Waals surface area contributed by atoms with Gasteiger partial charge in [-0.1, -0.05) is 54.6 Å². The molecule has 2 aromatic rings. The predicted octanol–water partition coefficient (Wildman–Crippen LogP) is 12.0. The van der Waals surface area contributed by atoms with Gasteiger partial charge in [0.25, 0.3) is 0 Å². The lowest BCUT2D eigenvalue weighted by molar-refractivity contribution is -0.441. The van der Waals surface area contributed by atoms with Crippen molar-refractivity contribution < 1.29 is 119 Å². The summed E-state index contributed by atoms with van der Waals surface area (Å²) in [5.74, 6) is -78.9. The minimum absolute atomic E-state index is 0.0105. The number of hydrogen-bond donors (Lipinski definition) is 0. The third-order valence-electron chi connectivity index (χ3n) is 7.10. The van der Waals surface area contributed by atoms with Crippen molar-refractivity contribution >= 4 is 11.9 Å². The maximum atomic E-state index is 14.3. The molecule has 0 aliphatic carbocycles. The number of carbonyl (C=O) groups excluding carboxylic acids is 1. The topological polar surface area (TPSA) is 17.1 Å². The van der Waals surface area contributed by atoms with Crippen LogP contribution in [-0.4, -0.2) is 65.5 Å². The third kappa shape index (κ3) is 6.58. The van der Waals surface area contributed by atoms with Gasteiger partial charge in [-0.05, 0) is 11.6 Å². The summed E-state index contributed by atoms with van der Waals surface area (Å²) < 4.78 is 347. The van der Waals surface area contributed by atoms with Crippen LogP contribution in [0, 0.1) is 0 Å². The Morgan fingerprint density at radius 1 is 0.352 bits per heavy atom. The first-order chi connectivity index (χ1) is 23.6. The van der Waals surface area contributed by atoms with Crippen LogP contribution in [0.25, 0.3) is 6.08 Å². The van der Waals surface area contributed by atoms with E-state index >= 15 is 0 Å². The molecule has 0 radical (unpaired) electrons. The summed E-state index contributed by atoms with van der Waals surface area (Å²) in [4.78, 5) is 12.2. The Morgan fingerprint density at radius 2 is 0.611 bits per heavy atom. The van der Waals surface area contributed by atoms with Gasteiger partial charge in [-0.2, -0.15) is 114 Å². The predicted molar refractivity (Wildman–Crippen MR) is 126 cm³/mol. The first-order valence-electron chi connectivity index (χ1n) is 12.9. The number of rotatable bonds is 13. The maximum Gasteiger partial charge on any atom is 0.460 e. The SMILES string of the molecule is O=C(/C=C/c1ccc(C(F)(F)C(F)(F)C(F)(F)C(F)(F)C(F)(F)C(F)(F)F)cc1)c1ccc(C(F)(F)C(F)(F)C(F)(F)C(F)(F)C(F)(F)C(F)(F)F)cc1. The van der Waals surface area contributed by atoms with E-state index in [9.17, 15) is 119 Å². The van der Waals surface area contributed by atoms with E-state index in [0.717, 1.165) is 0 Å². The minimum atomic E-state index is -8.20. The van der Waals surface area contributed by atoms with Crippen molar-refractivity contribution in [1.82, 2.24) is 0 Å². The second-order valence-corrected chi connectivity index (χ2v) is 10.6. The molecule has 0 saturated carbocycles. The van der Waals surface area contributed by atoms with Crippen molar-refractivity contribution in [2.24, 2.45) is 0 Å². The zero-order chi connectivity index (χ0) is 43.0. The number of halogens is 26. The molecule has 0 aliphatic heterocycles. The Bertz CT molecular complexity index is 1690. The average molecular weight is 844 g/mol. The summed E-state index contributed by atoms with van der Waals surface area (Å²) in [6, 6.07) is -1.13. The van der Waals surface area contributed by atoms with Crippen molar-refractivity contribution in [1.29, 1.82) is 0 Å². The molecular formula is C27H10F26O. The number of carbonyl (C=O) groups is 1. The lowest BCUT2D eigenvalue weighted by Crippen LogP contribution is -2.69. The summed E-state index contributed by atoms with van der Waals surface area (Å²) in [6.45, 7) is 0. The maximum absolute atomic E-state index is 14.3. The number of hydrogen-bond acceptors (Lipinski definition) is 1. The summed E-state index contributed by atoms with van der Waals surface area (Å²) in [5, 5.41) is 0. The van der Waals surface area contributed by atoms with Gasteiger partial charge in [-0.25, -0.2) is 0 Å². The second-order valence-electron chi connectivity index (χ2n) is 10.6. The highest BCUT2D eigenvalue weighted by atomic mass is 19.4. The van der Waals surface area contributed by atoms with Gasteiger partial charge in [-0.3, -0.25) is 4.79 Å². The van der Waals surface area contributed by atoms with E-state index in [0.29, 0.717) is 6.08 Å². The molecule has 0 aliphatic rings. The van der Waals surface area contributed by atoms with Crippen LogP contribution in [-0.2, 0) is 11.8 Å². The second kappa shape index (κ2) is 13.1. The average Bonchev–Trinajstić information content (AvgIpc) is 3.02. The Balaban J connectivity index is 2.37. The fourth-order valence-electron chi connectivity index (χ4n) is 3.82. The number of ketones is 1. The van der Waals surface area contributed by atoms with Gasteiger partial charge < -0.3 is 0 Å². The molecule has 0 aromatic heterocycles. The van der Waals surface area contributed by atoms with Gasteiger partial charge in [0.2, 0.25) is 0 Å².